The van der Waals surface area contributed by atoms with Gasteiger partial charge in [-0.2, -0.15) is 5.26 Å². The van der Waals surface area contributed by atoms with Gasteiger partial charge in [0.2, 0.25) is 0 Å². The molecule has 3 rings (SSSR count). The Balaban J connectivity index is 2.29. The number of nitro groups is 1. The molecule has 108 valence electrons. The molecule has 0 N–H and O–H groups in total. The fourth-order valence-corrected chi connectivity index (χ4v) is 2.47. The molecule has 0 fully saturated rings. The molecule has 0 saturated heterocycles. The Bertz CT molecular complexity index is 908. The first-order valence-electron chi connectivity index (χ1n) is 6.73. The summed E-state index contributed by atoms with van der Waals surface area (Å²) in [5.41, 5.74) is 2.68. The second-order valence-electron chi connectivity index (χ2n) is 4.93. The number of pyridine rings is 1. The predicted octanol–water partition coefficient (Wildman–Crippen LogP) is 3.54. The summed E-state index contributed by atoms with van der Waals surface area (Å²) in [6.07, 6.45) is 1.84. The van der Waals surface area contributed by atoms with Crippen molar-refractivity contribution < 1.29 is 4.92 Å². The molecule has 0 radical (unpaired) electrons. The van der Waals surface area contributed by atoms with Gasteiger partial charge in [0.25, 0.3) is 5.69 Å². The van der Waals surface area contributed by atoms with Gasteiger partial charge in [0.05, 0.1) is 28.3 Å². The van der Waals surface area contributed by atoms with Crippen molar-refractivity contribution in [3.05, 3.63) is 64.5 Å². The van der Waals surface area contributed by atoms with Crippen LogP contribution < -0.4 is 0 Å². The highest BCUT2D eigenvalue weighted by Gasteiger charge is 2.20. The molecular weight excluding hydrogens is 280 g/mol. The van der Waals surface area contributed by atoms with Crippen LogP contribution in [0.15, 0.2) is 48.7 Å². The topological polar surface area (TPSA) is 84.2 Å². The molecule has 1 unspecified atom stereocenters. The Hall–Kier alpha value is -3.20. The van der Waals surface area contributed by atoms with E-state index in [1.54, 1.807) is 19.1 Å². The first-order valence-corrected chi connectivity index (χ1v) is 6.73. The largest absolute Gasteiger partial charge is 0.302 e. The fraction of sp³-hybridized carbons (Fsp3) is 0.125. The molecule has 22 heavy (non-hydrogen) atoms. The third-order valence-corrected chi connectivity index (χ3v) is 3.50. The minimum absolute atomic E-state index is 0.00474. The quantitative estimate of drug-likeness (QED) is 0.546. The lowest BCUT2D eigenvalue weighted by Gasteiger charge is -2.06. The van der Waals surface area contributed by atoms with Crippen molar-refractivity contribution in [2.24, 2.45) is 0 Å². The van der Waals surface area contributed by atoms with E-state index >= 15 is 0 Å². The molecule has 6 heteroatoms. The second kappa shape index (κ2) is 5.30. The normalized spacial score (nSPS) is 12.0. The molecule has 0 aliphatic heterocycles. The number of nitriles is 1. The molecule has 2 heterocycles. The number of hydrogen-bond acceptors (Lipinski definition) is 4. The summed E-state index contributed by atoms with van der Waals surface area (Å²) < 4.78 is 1.85. The predicted molar refractivity (Wildman–Crippen MR) is 81.3 cm³/mol. The maximum Gasteiger partial charge on any atom is 0.270 e. The second-order valence-corrected chi connectivity index (χ2v) is 4.93. The summed E-state index contributed by atoms with van der Waals surface area (Å²) in [6, 6.07) is 14.1. The van der Waals surface area contributed by atoms with E-state index in [1.807, 2.05) is 28.8 Å². The first-order chi connectivity index (χ1) is 10.6. The van der Waals surface area contributed by atoms with Crippen LogP contribution in [-0.4, -0.2) is 14.3 Å². The van der Waals surface area contributed by atoms with Gasteiger partial charge >= 0.3 is 0 Å². The van der Waals surface area contributed by atoms with E-state index in [9.17, 15) is 15.4 Å². The number of aromatic nitrogens is 2. The van der Waals surface area contributed by atoms with Crippen LogP contribution in [0.4, 0.5) is 5.69 Å². The molecule has 0 amide bonds. The van der Waals surface area contributed by atoms with Crippen LogP contribution in [-0.2, 0) is 0 Å². The Kier molecular flexibility index (Phi) is 3.31. The van der Waals surface area contributed by atoms with Crippen molar-refractivity contribution >= 4 is 11.3 Å². The molecule has 1 atom stereocenters. The molecular formula is C16H12N4O2. The molecule has 3 aromatic rings. The van der Waals surface area contributed by atoms with Crippen molar-refractivity contribution in [3.8, 4) is 17.3 Å². The summed E-state index contributed by atoms with van der Waals surface area (Å²) in [5, 5.41) is 20.2. The number of rotatable bonds is 3. The van der Waals surface area contributed by atoms with Crippen LogP contribution in [0, 0.1) is 21.4 Å². The molecule has 1 aromatic carbocycles. The maximum atomic E-state index is 11.0. The highest BCUT2D eigenvalue weighted by molar-refractivity contribution is 5.69. The van der Waals surface area contributed by atoms with Crippen molar-refractivity contribution in [2.75, 3.05) is 0 Å². The average Bonchev–Trinajstić information content (AvgIpc) is 2.93. The lowest BCUT2D eigenvalue weighted by atomic mass is 10.0. The van der Waals surface area contributed by atoms with E-state index in [0.717, 1.165) is 5.69 Å². The van der Waals surface area contributed by atoms with Crippen molar-refractivity contribution in [2.45, 2.75) is 12.8 Å². The van der Waals surface area contributed by atoms with E-state index in [-0.39, 0.29) is 11.6 Å². The van der Waals surface area contributed by atoms with E-state index < -0.39 is 4.92 Å². The zero-order valence-electron chi connectivity index (χ0n) is 11.8. The first kappa shape index (κ1) is 13.8. The highest BCUT2D eigenvalue weighted by Crippen LogP contribution is 2.31. The molecule has 0 spiro atoms. The van der Waals surface area contributed by atoms with Gasteiger partial charge in [-0.15, -0.1) is 0 Å². The van der Waals surface area contributed by atoms with Crippen LogP contribution in [0.1, 0.15) is 18.5 Å². The van der Waals surface area contributed by atoms with Gasteiger partial charge in [-0.05, 0) is 19.1 Å². The van der Waals surface area contributed by atoms with E-state index in [2.05, 4.69) is 11.1 Å². The van der Waals surface area contributed by atoms with Gasteiger partial charge in [-0.1, -0.05) is 18.2 Å². The monoisotopic (exact) mass is 292 g/mol. The van der Waals surface area contributed by atoms with Gasteiger partial charge in [0.15, 0.2) is 0 Å². The SMILES string of the molecule is CC(C#N)c1c(-c2cccc([N+](=O)[O-])c2)nc2ccccn12. The van der Waals surface area contributed by atoms with Gasteiger partial charge in [0, 0.05) is 23.9 Å². The number of fused-ring (bicyclic) bond motifs is 1. The molecule has 0 aliphatic rings. The summed E-state index contributed by atoms with van der Waals surface area (Å²) in [5.74, 6) is -0.383. The molecule has 0 aliphatic carbocycles. The third-order valence-electron chi connectivity index (χ3n) is 3.50. The minimum Gasteiger partial charge on any atom is -0.302 e. The van der Waals surface area contributed by atoms with Crippen molar-refractivity contribution in [1.82, 2.24) is 9.38 Å². The number of hydrogen-bond donors (Lipinski definition) is 0. The van der Waals surface area contributed by atoms with Gasteiger partial charge in [-0.3, -0.25) is 10.1 Å². The summed E-state index contributed by atoms with van der Waals surface area (Å²) in [7, 11) is 0. The number of benzene rings is 1. The van der Waals surface area contributed by atoms with E-state index in [4.69, 9.17) is 0 Å². The number of nitrogens with zero attached hydrogens (tertiary/aromatic N) is 4. The fourth-order valence-electron chi connectivity index (χ4n) is 2.47. The summed E-state index contributed by atoms with van der Waals surface area (Å²) in [4.78, 5) is 15.1. The Morgan fingerprint density at radius 3 is 2.86 bits per heavy atom. The summed E-state index contributed by atoms with van der Waals surface area (Å²) >= 11 is 0. The van der Waals surface area contributed by atoms with Crippen molar-refractivity contribution in [3.63, 3.8) is 0 Å². The Labute approximate surface area is 126 Å². The van der Waals surface area contributed by atoms with Gasteiger partial charge in [0.1, 0.15) is 5.65 Å². The van der Waals surface area contributed by atoms with Gasteiger partial charge < -0.3 is 4.40 Å². The Morgan fingerprint density at radius 1 is 1.32 bits per heavy atom. The van der Waals surface area contributed by atoms with Crippen LogP contribution in [0.3, 0.4) is 0 Å². The highest BCUT2D eigenvalue weighted by atomic mass is 16.6. The maximum absolute atomic E-state index is 11.0. The van der Waals surface area contributed by atoms with Crippen LogP contribution in [0.25, 0.3) is 16.9 Å². The molecule has 2 aromatic heterocycles. The van der Waals surface area contributed by atoms with Crippen LogP contribution >= 0.6 is 0 Å². The molecule has 0 bridgehead atoms. The summed E-state index contributed by atoms with van der Waals surface area (Å²) in [6.45, 7) is 1.79. The van der Waals surface area contributed by atoms with E-state index in [0.29, 0.717) is 16.9 Å². The average molecular weight is 292 g/mol. The zero-order valence-corrected chi connectivity index (χ0v) is 11.8. The standard InChI is InChI=1S/C16H12N4O2/c1-11(10-17)16-15(18-14-7-2-3-8-19(14)16)12-5-4-6-13(9-12)20(21)22/h2-9,11H,1H3. The van der Waals surface area contributed by atoms with E-state index in [1.165, 1.54) is 12.1 Å². The molecule has 0 saturated carbocycles. The Morgan fingerprint density at radius 2 is 2.14 bits per heavy atom. The number of nitro benzene ring substituents is 1. The minimum atomic E-state index is -0.438. The number of non-ortho nitro benzene ring substituents is 1. The number of imidazole rings is 1. The molecule has 6 nitrogen and oxygen atoms in total. The van der Waals surface area contributed by atoms with Gasteiger partial charge in [-0.25, -0.2) is 4.98 Å². The third kappa shape index (κ3) is 2.19. The van der Waals surface area contributed by atoms with Crippen molar-refractivity contribution in [1.29, 1.82) is 5.26 Å². The van der Waals surface area contributed by atoms with Crippen LogP contribution in [0.2, 0.25) is 0 Å². The smallest absolute Gasteiger partial charge is 0.270 e. The lowest BCUT2D eigenvalue weighted by Crippen LogP contribution is -1.98. The van der Waals surface area contributed by atoms with Crippen LogP contribution in [0.5, 0.6) is 0 Å². The lowest BCUT2D eigenvalue weighted by molar-refractivity contribution is -0.384. The zero-order chi connectivity index (χ0) is 15.7.